The van der Waals surface area contributed by atoms with Crippen LogP contribution >= 0.6 is 0 Å². The molecule has 19 heavy (non-hydrogen) atoms. The summed E-state index contributed by atoms with van der Waals surface area (Å²) in [6, 6.07) is 8.77. The predicted octanol–water partition coefficient (Wildman–Crippen LogP) is 4.10. The monoisotopic (exact) mass is 258 g/mol. The Hall–Kier alpha value is -1.28. The lowest BCUT2D eigenvalue weighted by molar-refractivity contribution is 0.329. The molecule has 1 aromatic heterocycles. The van der Waals surface area contributed by atoms with Gasteiger partial charge in [0.1, 0.15) is 0 Å². The Morgan fingerprint density at radius 2 is 1.95 bits per heavy atom. The van der Waals surface area contributed by atoms with E-state index in [2.05, 4.69) is 55.8 Å². The van der Waals surface area contributed by atoms with Gasteiger partial charge in [-0.05, 0) is 49.4 Å². The van der Waals surface area contributed by atoms with Crippen LogP contribution in [0, 0.1) is 12.3 Å². The van der Waals surface area contributed by atoms with Crippen molar-refractivity contribution >= 4 is 10.9 Å². The molecule has 1 heterocycles. The molecule has 1 aromatic carbocycles. The summed E-state index contributed by atoms with van der Waals surface area (Å²) in [4.78, 5) is 0. The highest BCUT2D eigenvalue weighted by atomic mass is 14.9. The molecule has 0 spiro atoms. The Balaban J connectivity index is 1.94. The molecule has 2 rings (SSSR count). The molecule has 0 fully saturated rings. The Labute approximate surface area is 116 Å². The Morgan fingerprint density at radius 3 is 2.68 bits per heavy atom. The lowest BCUT2D eigenvalue weighted by Crippen LogP contribution is -2.23. The maximum atomic E-state index is 5.77. The van der Waals surface area contributed by atoms with Crippen molar-refractivity contribution in [2.45, 2.75) is 46.6 Å². The average molecular weight is 258 g/mol. The lowest BCUT2D eigenvalue weighted by atomic mass is 9.87. The first-order valence-corrected chi connectivity index (χ1v) is 7.28. The van der Waals surface area contributed by atoms with E-state index in [1.165, 1.54) is 35.7 Å². The molecule has 2 aromatic rings. The second-order valence-corrected chi connectivity index (χ2v) is 6.34. The number of nitrogens with zero attached hydrogens (tertiary/aromatic N) is 1. The molecule has 0 aliphatic heterocycles. The van der Waals surface area contributed by atoms with Gasteiger partial charge in [0.25, 0.3) is 0 Å². The third-order valence-electron chi connectivity index (χ3n) is 4.09. The van der Waals surface area contributed by atoms with Crippen LogP contribution in [0.1, 0.15) is 38.7 Å². The normalized spacial score (nSPS) is 12.2. The molecule has 0 saturated carbocycles. The predicted molar refractivity (Wildman–Crippen MR) is 83.4 cm³/mol. The molecule has 0 unspecified atom stereocenters. The SMILES string of the molecule is Cc1cccc2c1ccn2CCCCC(C)(C)CN. The average Bonchev–Trinajstić information content (AvgIpc) is 2.80. The fraction of sp³-hybridized carbons (Fsp3) is 0.529. The van der Waals surface area contributed by atoms with Crippen molar-refractivity contribution in [1.29, 1.82) is 0 Å². The number of aromatic nitrogens is 1. The molecule has 0 aliphatic carbocycles. The minimum absolute atomic E-state index is 0.287. The van der Waals surface area contributed by atoms with E-state index in [4.69, 9.17) is 5.73 Å². The highest BCUT2D eigenvalue weighted by molar-refractivity contribution is 5.83. The van der Waals surface area contributed by atoms with Crippen LogP contribution in [0.2, 0.25) is 0 Å². The van der Waals surface area contributed by atoms with Crippen molar-refractivity contribution in [3.8, 4) is 0 Å². The van der Waals surface area contributed by atoms with Gasteiger partial charge in [0.2, 0.25) is 0 Å². The summed E-state index contributed by atoms with van der Waals surface area (Å²) in [5.74, 6) is 0. The van der Waals surface area contributed by atoms with Crippen molar-refractivity contribution in [2.75, 3.05) is 6.54 Å². The number of unbranched alkanes of at least 4 members (excludes halogenated alkanes) is 1. The zero-order valence-corrected chi connectivity index (χ0v) is 12.4. The van der Waals surface area contributed by atoms with Gasteiger partial charge in [0.15, 0.2) is 0 Å². The first-order chi connectivity index (χ1) is 9.03. The van der Waals surface area contributed by atoms with Crippen LogP contribution < -0.4 is 5.73 Å². The molecule has 2 nitrogen and oxygen atoms in total. The van der Waals surface area contributed by atoms with Crippen molar-refractivity contribution in [1.82, 2.24) is 4.57 Å². The van der Waals surface area contributed by atoms with Gasteiger partial charge in [-0.1, -0.05) is 32.4 Å². The molecule has 2 N–H and O–H groups in total. The van der Waals surface area contributed by atoms with Crippen LogP contribution in [0.5, 0.6) is 0 Å². The summed E-state index contributed by atoms with van der Waals surface area (Å²) in [6.07, 6.45) is 5.89. The van der Waals surface area contributed by atoms with E-state index in [1.54, 1.807) is 0 Å². The van der Waals surface area contributed by atoms with E-state index in [-0.39, 0.29) is 5.41 Å². The topological polar surface area (TPSA) is 30.9 Å². The van der Waals surface area contributed by atoms with Gasteiger partial charge in [0.05, 0.1) is 0 Å². The van der Waals surface area contributed by atoms with Gasteiger partial charge in [0, 0.05) is 23.6 Å². The van der Waals surface area contributed by atoms with Gasteiger partial charge < -0.3 is 10.3 Å². The summed E-state index contributed by atoms with van der Waals surface area (Å²) < 4.78 is 2.37. The number of fused-ring (bicyclic) bond motifs is 1. The minimum atomic E-state index is 0.287. The zero-order valence-electron chi connectivity index (χ0n) is 12.4. The largest absolute Gasteiger partial charge is 0.347 e. The molecule has 0 atom stereocenters. The van der Waals surface area contributed by atoms with E-state index in [0.717, 1.165) is 13.1 Å². The van der Waals surface area contributed by atoms with Gasteiger partial charge in [-0.3, -0.25) is 0 Å². The maximum absolute atomic E-state index is 5.77. The molecule has 0 amide bonds. The highest BCUT2D eigenvalue weighted by Crippen LogP contribution is 2.23. The van der Waals surface area contributed by atoms with Crippen LogP contribution in [0.25, 0.3) is 10.9 Å². The molecule has 0 radical (unpaired) electrons. The van der Waals surface area contributed by atoms with Crippen LogP contribution in [0.4, 0.5) is 0 Å². The molecule has 104 valence electrons. The second kappa shape index (κ2) is 5.79. The van der Waals surface area contributed by atoms with Gasteiger partial charge in [-0.25, -0.2) is 0 Å². The Kier molecular flexibility index (Phi) is 4.31. The third-order valence-corrected chi connectivity index (χ3v) is 4.09. The third kappa shape index (κ3) is 3.38. The first-order valence-electron chi connectivity index (χ1n) is 7.28. The molecule has 0 aliphatic rings. The number of nitrogens with two attached hydrogens (primary N) is 1. The number of hydrogen-bond donors (Lipinski definition) is 1. The van der Waals surface area contributed by atoms with E-state index in [9.17, 15) is 0 Å². The smallest absolute Gasteiger partial charge is 0.0482 e. The lowest BCUT2D eigenvalue weighted by Gasteiger charge is -2.21. The highest BCUT2D eigenvalue weighted by Gasteiger charge is 2.14. The van der Waals surface area contributed by atoms with Crippen molar-refractivity contribution in [2.24, 2.45) is 11.1 Å². The molecule has 0 bridgehead atoms. The second-order valence-electron chi connectivity index (χ2n) is 6.34. The van der Waals surface area contributed by atoms with E-state index in [0.29, 0.717) is 0 Å². The number of aryl methyl sites for hydroxylation is 2. The quantitative estimate of drug-likeness (QED) is 0.777. The minimum Gasteiger partial charge on any atom is -0.347 e. The van der Waals surface area contributed by atoms with Crippen LogP contribution in [-0.2, 0) is 6.54 Å². The number of rotatable bonds is 6. The molecule has 2 heteroatoms. The van der Waals surface area contributed by atoms with Crippen LogP contribution in [0.15, 0.2) is 30.5 Å². The standard InChI is InChI=1S/C17H26N2/c1-14-7-6-8-16-15(14)9-12-19(16)11-5-4-10-17(2,3)13-18/h6-9,12H,4-5,10-11,13,18H2,1-3H3. The summed E-state index contributed by atoms with van der Waals surface area (Å²) >= 11 is 0. The van der Waals surface area contributed by atoms with E-state index in [1.807, 2.05) is 0 Å². The zero-order chi connectivity index (χ0) is 13.9. The fourth-order valence-electron chi connectivity index (χ4n) is 2.56. The summed E-state index contributed by atoms with van der Waals surface area (Å²) in [7, 11) is 0. The Bertz CT molecular complexity index is 537. The number of benzene rings is 1. The molecular formula is C17H26N2. The first kappa shape index (κ1) is 14.1. The van der Waals surface area contributed by atoms with Gasteiger partial charge >= 0.3 is 0 Å². The van der Waals surface area contributed by atoms with Crippen molar-refractivity contribution < 1.29 is 0 Å². The maximum Gasteiger partial charge on any atom is 0.0482 e. The van der Waals surface area contributed by atoms with E-state index >= 15 is 0 Å². The molecular weight excluding hydrogens is 232 g/mol. The molecule has 0 saturated heterocycles. The number of hydrogen-bond acceptors (Lipinski definition) is 1. The summed E-state index contributed by atoms with van der Waals surface area (Å²) in [6.45, 7) is 8.56. The summed E-state index contributed by atoms with van der Waals surface area (Å²) in [5.41, 5.74) is 8.78. The van der Waals surface area contributed by atoms with Crippen molar-refractivity contribution in [3.63, 3.8) is 0 Å². The van der Waals surface area contributed by atoms with Gasteiger partial charge in [-0.15, -0.1) is 0 Å². The van der Waals surface area contributed by atoms with Gasteiger partial charge in [-0.2, -0.15) is 0 Å². The summed E-state index contributed by atoms with van der Waals surface area (Å²) in [5, 5.41) is 1.38. The van der Waals surface area contributed by atoms with Crippen LogP contribution in [0.3, 0.4) is 0 Å². The fourth-order valence-corrected chi connectivity index (χ4v) is 2.56. The van der Waals surface area contributed by atoms with Crippen molar-refractivity contribution in [3.05, 3.63) is 36.0 Å². The Morgan fingerprint density at radius 1 is 1.16 bits per heavy atom. The van der Waals surface area contributed by atoms with E-state index < -0.39 is 0 Å². The van der Waals surface area contributed by atoms with Crippen LogP contribution in [-0.4, -0.2) is 11.1 Å².